The maximum absolute atomic E-state index is 12.5. The summed E-state index contributed by atoms with van der Waals surface area (Å²) in [5, 5.41) is 9.65. The van der Waals surface area contributed by atoms with Crippen molar-refractivity contribution in [2.45, 2.75) is 54.1 Å². The van der Waals surface area contributed by atoms with Gasteiger partial charge < -0.3 is 9.84 Å². The molecular weight excluding hydrogens is 266 g/mol. The fraction of sp³-hybridized carbons (Fsp3) is 0.588. The van der Waals surface area contributed by atoms with E-state index in [2.05, 4.69) is 20.8 Å². The molecule has 21 heavy (non-hydrogen) atoms. The molecule has 0 atom stereocenters. The second-order valence-electron chi connectivity index (χ2n) is 7.60. The van der Waals surface area contributed by atoms with Gasteiger partial charge in [0.25, 0.3) is 0 Å². The van der Waals surface area contributed by atoms with Gasteiger partial charge in [-0.25, -0.2) is 4.79 Å². The van der Waals surface area contributed by atoms with Crippen LogP contribution in [-0.2, 0) is 4.74 Å². The third-order valence-electron chi connectivity index (χ3n) is 2.74. The number of phenolic OH excluding ortho intramolecular Hbond substituents is 1. The molecule has 1 aromatic carbocycles. The lowest BCUT2D eigenvalue weighted by Crippen LogP contribution is -2.41. The van der Waals surface area contributed by atoms with Crippen LogP contribution in [0.4, 0.5) is 10.5 Å². The number of ether oxygens (including phenoxy) is 1. The van der Waals surface area contributed by atoms with Gasteiger partial charge >= 0.3 is 6.09 Å². The predicted octanol–water partition coefficient (Wildman–Crippen LogP) is 4.49. The monoisotopic (exact) mass is 293 g/mol. The minimum Gasteiger partial charge on any atom is -0.508 e. The van der Waals surface area contributed by atoms with E-state index in [1.54, 1.807) is 23.1 Å². The Kier molecular flexibility index (Phi) is 4.92. The number of carbonyl (C=O) groups excluding carboxylic acids is 1. The molecule has 0 spiro atoms. The molecule has 0 bridgehead atoms. The van der Waals surface area contributed by atoms with Crippen LogP contribution in [0, 0.1) is 12.3 Å². The summed E-state index contributed by atoms with van der Waals surface area (Å²) in [6.07, 6.45) is -0.373. The summed E-state index contributed by atoms with van der Waals surface area (Å²) in [5.41, 5.74) is 0.853. The fourth-order valence-corrected chi connectivity index (χ4v) is 1.86. The number of rotatable bonds is 2. The van der Waals surface area contributed by atoms with E-state index in [9.17, 15) is 9.90 Å². The summed E-state index contributed by atoms with van der Waals surface area (Å²) in [6, 6.07) is 5.13. The van der Waals surface area contributed by atoms with E-state index in [0.29, 0.717) is 6.54 Å². The molecule has 0 saturated carbocycles. The highest BCUT2D eigenvalue weighted by Crippen LogP contribution is 2.27. The first-order chi connectivity index (χ1) is 9.39. The molecule has 4 nitrogen and oxygen atoms in total. The SMILES string of the molecule is Cc1cc(N(CC(C)(C)C)C(=O)OC(C)(C)C)ccc1O. The summed E-state index contributed by atoms with van der Waals surface area (Å²) < 4.78 is 5.49. The van der Waals surface area contributed by atoms with Crippen LogP contribution < -0.4 is 4.90 Å². The molecule has 0 heterocycles. The molecule has 0 fully saturated rings. The van der Waals surface area contributed by atoms with E-state index in [4.69, 9.17) is 4.74 Å². The molecule has 1 aromatic rings. The van der Waals surface area contributed by atoms with Crippen LogP contribution in [0.2, 0.25) is 0 Å². The number of hydrogen-bond donors (Lipinski definition) is 1. The zero-order chi connectivity index (χ0) is 16.4. The highest BCUT2D eigenvalue weighted by molar-refractivity contribution is 5.88. The normalized spacial score (nSPS) is 12.1. The molecule has 4 heteroatoms. The van der Waals surface area contributed by atoms with Crippen LogP contribution in [-0.4, -0.2) is 23.3 Å². The van der Waals surface area contributed by atoms with Crippen molar-refractivity contribution in [2.24, 2.45) is 5.41 Å². The maximum Gasteiger partial charge on any atom is 0.414 e. The Hall–Kier alpha value is -1.71. The van der Waals surface area contributed by atoms with E-state index >= 15 is 0 Å². The molecule has 0 aliphatic carbocycles. The van der Waals surface area contributed by atoms with Crippen LogP contribution in [0.25, 0.3) is 0 Å². The van der Waals surface area contributed by atoms with Crippen LogP contribution in [0.1, 0.15) is 47.1 Å². The van der Waals surface area contributed by atoms with Gasteiger partial charge in [-0.3, -0.25) is 4.90 Å². The highest BCUT2D eigenvalue weighted by Gasteiger charge is 2.27. The van der Waals surface area contributed by atoms with Gasteiger partial charge in [0.1, 0.15) is 11.4 Å². The molecule has 0 saturated heterocycles. The van der Waals surface area contributed by atoms with Crippen molar-refractivity contribution < 1.29 is 14.6 Å². The van der Waals surface area contributed by atoms with Gasteiger partial charge in [0.05, 0.1) is 0 Å². The highest BCUT2D eigenvalue weighted by atomic mass is 16.6. The molecule has 0 aliphatic heterocycles. The summed E-state index contributed by atoms with van der Waals surface area (Å²) in [6.45, 7) is 14.1. The van der Waals surface area contributed by atoms with E-state index in [1.165, 1.54) is 0 Å². The first kappa shape index (κ1) is 17.3. The van der Waals surface area contributed by atoms with Gasteiger partial charge in [-0.1, -0.05) is 20.8 Å². The van der Waals surface area contributed by atoms with Crippen molar-refractivity contribution in [3.8, 4) is 5.75 Å². The number of carbonyl (C=O) groups is 1. The first-order valence-electron chi connectivity index (χ1n) is 7.19. The van der Waals surface area contributed by atoms with E-state index in [-0.39, 0.29) is 17.3 Å². The van der Waals surface area contributed by atoms with E-state index in [0.717, 1.165) is 11.3 Å². The van der Waals surface area contributed by atoms with Crippen LogP contribution in [0.15, 0.2) is 18.2 Å². The number of benzene rings is 1. The van der Waals surface area contributed by atoms with Gasteiger partial charge in [0, 0.05) is 12.2 Å². The largest absolute Gasteiger partial charge is 0.508 e. The lowest BCUT2D eigenvalue weighted by atomic mass is 9.96. The average Bonchev–Trinajstić information content (AvgIpc) is 2.26. The predicted molar refractivity (Wildman–Crippen MR) is 85.9 cm³/mol. The molecule has 1 rings (SSSR count). The number of phenols is 1. The summed E-state index contributed by atoms with van der Waals surface area (Å²) in [5.74, 6) is 0.221. The van der Waals surface area contributed by atoms with Crippen LogP contribution in [0.5, 0.6) is 5.75 Å². The number of nitrogens with zero attached hydrogens (tertiary/aromatic N) is 1. The fourth-order valence-electron chi connectivity index (χ4n) is 1.86. The Morgan fingerprint density at radius 3 is 2.19 bits per heavy atom. The third kappa shape index (κ3) is 5.66. The Balaban J connectivity index is 3.12. The summed E-state index contributed by atoms with van der Waals surface area (Å²) in [4.78, 5) is 14.1. The van der Waals surface area contributed by atoms with Gasteiger partial charge in [0.15, 0.2) is 0 Å². The van der Waals surface area contributed by atoms with E-state index < -0.39 is 5.60 Å². The number of hydrogen-bond acceptors (Lipinski definition) is 3. The van der Waals surface area contributed by atoms with Gasteiger partial charge in [-0.15, -0.1) is 0 Å². The van der Waals surface area contributed by atoms with Gasteiger partial charge in [-0.2, -0.15) is 0 Å². The zero-order valence-electron chi connectivity index (χ0n) is 14.2. The molecule has 1 N–H and O–H groups in total. The lowest BCUT2D eigenvalue weighted by molar-refractivity contribution is 0.0568. The van der Waals surface area contributed by atoms with Crippen molar-refractivity contribution in [3.63, 3.8) is 0 Å². The average molecular weight is 293 g/mol. The topological polar surface area (TPSA) is 49.8 Å². The summed E-state index contributed by atoms with van der Waals surface area (Å²) in [7, 11) is 0. The Morgan fingerprint density at radius 2 is 1.76 bits per heavy atom. The number of aromatic hydroxyl groups is 1. The molecule has 1 amide bonds. The minimum atomic E-state index is -0.542. The second-order valence-corrected chi connectivity index (χ2v) is 7.60. The number of amides is 1. The number of anilines is 1. The maximum atomic E-state index is 12.5. The van der Waals surface area contributed by atoms with Crippen LogP contribution >= 0.6 is 0 Å². The van der Waals surface area contributed by atoms with Gasteiger partial charge in [0.2, 0.25) is 0 Å². The van der Waals surface area contributed by atoms with Crippen molar-refractivity contribution in [3.05, 3.63) is 23.8 Å². The second kappa shape index (κ2) is 5.96. The van der Waals surface area contributed by atoms with Crippen molar-refractivity contribution in [1.29, 1.82) is 0 Å². The molecule has 0 unspecified atom stereocenters. The molecule has 0 aliphatic rings. The first-order valence-corrected chi connectivity index (χ1v) is 7.19. The lowest BCUT2D eigenvalue weighted by Gasteiger charge is -2.32. The van der Waals surface area contributed by atoms with Crippen LogP contribution in [0.3, 0.4) is 0 Å². The molecule has 0 radical (unpaired) electrons. The molecular formula is C17H27NO3. The zero-order valence-corrected chi connectivity index (χ0v) is 14.2. The Labute approximate surface area is 127 Å². The molecule has 118 valence electrons. The molecule has 0 aromatic heterocycles. The minimum absolute atomic E-state index is 0.0668. The number of aryl methyl sites for hydroxylation is 1. The Bertz CT molecular complexity index is 510. The van der Waals surface area contributed by atoms with Crippen molar-refractivity contribution >= 4 is 11.8 Å². The smallest absolute Gasteiger partial charge is 0.414 e. The van der Waals surface area contributed by atoms with Gasteiger partial charge in [-0.05, 0) is 56.9 Å². The standard InChI is InChI=1S/C17H27NO3/c1-12-10-13(8-9-14(12)19)18(11-16(2,3)4)15(20)21-17(5,6)7/h8-10,19H,11H2,1-7H3. The Morgan fingerprint density at radius 1 is 1.19 bits per heavy atom. The van der Waals surface area contributed by atoms with Crippen molar-refractivity contribution in [1.82, 2.24) is 0 Å². The van der Waals surface area contributed by atoms with Crippen molar-refractivity contribution in [2.75, 3.05) is 11.4 Å². The quantitative estimate of drug-likeness (QED) is 0.874. The third-order valence-corrected chi connectivity index (χ3v) is 2.74. The van der Waals surface area contributed by atoms with E-state index in [1.807, 2.05) is 27.7 Å². The summed E-state index contributed by atoms with van der Waals surface area (Å²) >= 11 is 0.